The second-order valence-electron chi connectivity index (χ2n) is 7.84. The van der Waals surface area contributed by atoms with Gasteiger partial charge in [0.05, 0.1) is 16.8 Å². The van der Waals surface area contributed by atoms with Crippen LogP contribution in [0.25, 0.3) is 22.4 Å². The monoisotopic (exact) mass is 407 g/mol. The van der Waals surface area contributed by atoms with Crippen molar-refractivity contribution in [1.82, 2.24) is 14.1 Å². The van der Waals surface area contributed by atoms with E-state index in [1.807, 2.05) is 25.1 Å². The van der Waals surface area contributed by atoms with Crippen LogP contribution in [0.4, 0.5) is 13.2 Å². The number of hydrogen-bond acceptors (Lipinski definition) is 3. The molecule has 0 atom stereocenters. The molecule has 2 aromatic heterocycles. The molecular weight excluding hydrogens is 383 g/mol. The second kappa shape index (κ2) is 7.33. The number of alkyl halides is 3. The lowest BCUT2D eigenvalue weighted by Crippen LogP contribution is -2.23. The number of halogens is 3. The van der Waals surface area contributed by atoms with E-state index in [1.54, 1.807) is 33.0 Å². The van der Waals surface area contributed by atoms with Crippen molar-refractivity contribution in [2.45, 2.75) is 51.9 Å². The van der Waals surface area contributed by atoms with Crippen LogP contribution in [0.2, 0.25) is 0 Å². The van der Waals surface area contributed by atoms with Crippen LogP contribution in [-0.4, -0.2) is 25.4 Å². The predicted octanol–water partition coefficient (Wildman–Crippen LogP) is 4.28. The number of hydrogen-bond donors (Lipinski definition) is 1. The topological polar surface area (TPSA) is 60.1 Å². The fraction of sp³-hybridized carbons (Fsp3) is 0.429. The maximum absolute atomic E-state index is 12.5. The number of aliphatic hydroxyl groups is 1. The van der Waals surface area contributed by atoms with Crippen molar-refractivity contribution in [1.29, 1.82) is 0 Å². The molecule has 0 bridgehead atoms. The van der Waals surface area contributed by atoms with Gasteiger partial charge in [-0.15, -0.1) is 0 Å². The Hall–Kier alpha value is -2.61. The van der Waals surface area contributed by atoms with Crippen LogP contribution in [0.3, 0.4) is 0 Å². The molecule has 0 aliphatic rings. The van der Waals surface area contributed by atoms with Crippen LogP contribution >= 0.6 is 0 Å². The Bertz CT molecular complexity index is 1110. The van der Waals surface area contributed by atoms with Gasteiger partial charge in [0, 0.05) is 25.6 Å². The number of benzene rings is 1. The lowest BCUT2D eigenvalue weighted by molar-refractivity contribution is -0.135. The number of nitrogens with zero attached hydrogens (tertiary/aromatic N) is 3. The lowest BCUT2D eigenvalue weighted by atomic mass is 9.93. The lowest BCUT2D eigenvalue weighted by Gasteiger charge is -2.19. The van der Waals surface area contributed by atoms with Crippen LogP contribution in [-0.2, 0) is 19.2 Å². The first-order chi connectivity index (χ1) is 13.4. The van der Waals surface area contributed by atoms with Crippen molar-refractivity contribution in [2.75, 3.05) is 0 Å². The molecule has 1 aromatic carbocycles. The normalized spacial score (nSPS) is 12.7. The largest absolute Gasteiger partial charge is 0.389 e. The molecule has 156 valence electrons. The van der Waals surface area contributed by atoms with Gasteiger partial charge >= 0.3 is 11.9 Å². The molecular formula is C21H24F3N3O2. The van der Waals surface area contributed by atoms with Crippen molar-refractivity contribution < 1.29 is 18.3 Å². The number of fused-ring (bicyclic) bond motifs is 1. The van der Waals surface area contributed by atoms with E-state index < -0.39 is 23.9 Å². The van der Waals surface area contributed by atoms with Gasteiger partial charge in [-0.05, 0) is 56.5 Å². The average Bonchev–Trinajstić information content (AvgIpc) is 2.84. The molecule has 1 N–H and O–H groups in total. The van der Waals surface area contributed by atoms with Crippen LogP contribution < -0.4 is 5.69 Å². The molecule has 0 saturated carbocycles. The average molecular weight is 407 g/mol. The third kappa shape index (κ3) is 4.37. The number of aryl methyl sites for hydroxylation is 3. The Balaban J connectivity index is 2.04. The molecule has 29 heavy (non-hydrogen) atoms. The van der Waals surface area contributed by atoms with E-state index in [2.05, 4.69) is 4.98 Å². The van der Waals surface area contributed by atoms with Crippen molar-refractivity contribution in [3.8, 4) is 11.3 Å². The van der Waals surface area contributed by atoms with Gasteiger partial charge in [-0.25, -0.2) is 9.78 Å². The Kier molecular flexibility index (Phi) is 5.34. The predicted molar refractivity (Wildman–Crippen MR) is 106 cm³/mol. The Labute approximate surface area is 166 Å². The van der Waals surface area contributed by atoms with E-state index in [1.165, 1.54) is 9.13 Å². The first-order valence-corrected chi connectivity index (χ1v) is 9.35. The minimum atomic E-state index is -4.25. The fourth-order valence-electron chi connectivity index (χ4n) is 3.36. The van der Waals surface area contributed by atoms with Crippen molar-refractivity contribution in [2.24, 2.45) is 7.05 Å². The highest BCUT2D eigenvalue weighted by molar-refractivity contribution is 5.77. The van der Waals surface area contributed by atoms with Crippen LogP contribution in [0.5, 0.6) is 0 Å². The summed E-state index contributed by atoms with van der Waals surface area (Å²) in [6.07, 6.45) is -5.36. The summed E-state index contributed by atoms with van der Waals surface area (Å²) in [5.41, 5.74) is 2.65. The summed E-state index contributed by atoms with van der Waals surface area (Å²) in [5.74, 6) is 0. The third-order valence-electron chi connectivity index (χ3n) is 5.04. The Morgan fingerprint density at radius 2 is 1.83 bits per heavy atom. The molecule has 0 radical (unpaired) electrons. The van der Waals surface area contributed by atoms with Crippen LogP contribution in [0.15, 0.2) is 35.1 Å². The Morgan fingerprint density at radius 1 is 1.14 bits per heavy atom. The summed E-state index contributed by atoms with van der Waals surface area (Å²) in [6, 6.07) is 9.07. The number of rotatable bonds is 5. The minimum Gasteiger partial charge on any atom is -0.386 e. The van der Waals surface area contributed by atoms with E-state index in [-0.39, 0.29) is 13.0 Å². The standard InChI is InChI=1S/C21H24F3N3O2/c1-13-6-7-14(20(2,3)29)12-15(13)16-8-9-17-18(25-16)26(4)19(28)27(17)11-5-10-21(22,23)24/h6-9,12,29H,5,10-11H2,1-4H3. The highest BCUT2D eigenvalue weighted by Gasteiger charge is 2.26. The summed E-state index contributed by atoms with van der Waals surface area (Å²) in [5, 5.41) is 10.3. The molecule has 3 aromatic rings. The number of pyridine rings is 1. The van der Waals surface area contributed by atoms with E-state index in [4.69, 9.17) is 0 Å². The summed E-state index contributed by atoms with van der Waals surface area (Å²) >= 11 is 0. The van der Waals surface area contributed by atoms with E-state index in [9.17, 15) is 23.1 Å². The summed E-state index contributed by atoms with van der Waals surface area (Å²) in [4.78, 5) is 17.1. The molecule has 0 aliphatic heterocycles. The molecule has 8 heteroatoms. The zero-order valence-corrected chi connectivity index (χ0v) is 16.8. The smallest absolute Gasteiger partial charge is 0.386 e. The van der Waals surface area contributed by atoms with Crippen LogP contribution in [0, 0.1) is 6.92 Å². The van der Waals surface area contributed by atoms with Gasteiger partial charge in [0.15, 0.2) is 5.65 Å². The first kappa shape index (κ1) is 21.1. The fourth-order valence-corrected chi connectivity index (χ4v) is 3.36. The highest BCUT2D eigenvalue weighted by atomic mass is 19.4. The zero-order valence-electron chi connectivity index (χ0n) is 16.8. The molecule has 0 unspecified atom stereocenters. The van der Waals surface area contributed by atoms with Crippen LogP contribution in [0.1, 0.15) is 37.8 Å². The van der Waals surface area contributed by atoms with Gasteiger partial charge in [-0.1, -0.05) is 12.1 Å². The first-order valence-electron chi connectivity index (χ1n) is 9.35. The molecule has 0 amide bonds. The zero-order chi connectivity index (χ0) is 21.6. The molecule has 0 spiro atoms. The summed E-state index contributed by atoms with van der Waals surface area (Å²) in [7, 11) is 1.56. The van der Waals surface area contributed by atoms with Crippen molar-refractivity contribution >= 4 is 11.2 Å². The molecule has 0 aliphatic carbocycles. The van der Waals surface area contributed by atoms with Crippen molar-refractivity contribution in [3.05, 3.63) is 51.9 Å². The van der Waals surface area contributed by atoms with Gasteiger partial charge in [-0.3, -0.25) is 9.13 Å². The number of aromatic nitrogens is 3. The molecule has 0 fully saturated rings. The maximum Gasteiger partial charge on any atom is 0.389 e. The van der Waals surface area contributed by atoms with E-state index >= 15 is 0 Å². The third-order valence-corrected chi connectivity index (χ3v) is 5.04. The van der Waals surface area contributed by atoms with Gasteiger partial charge in [0.1, 0.15) is 0 Å². The SMILES string of the molecule is Cc1ccc(C(C)(C)O)cc1-c1ccc2c(n1)n(C)c(=O)n2CCCC(F)(F)F. The maximum atomic E-state index is 12.5. The van der Waals surface area contributed by atoms with Gasteiger partial charge < -0.3 is 5.11 Å². The summed E-state index contributed by atoms with van der Waals surface area (Å²) < 4.78 is 40.0. The quantitative estimate of drug-likeness (QED) is 0.687. The molecule has 5 nitrogen and oxygen atoms in total. The van der Waals surface area contributed by atoms with Gasteiger partial charge in [0.2, 0.25) is 0 Å². The van der Waals surface area contributed by atoms with E-state index in [0.29, 0.717) is 16.9 Å². The molecule has 2 heterocycles. The minimum absolute atomic E-state index is 0.0239. The second-order valence-corrected chi connectivity index (χ2v) is 7.84. The van der Waals surface area contributed by atoms with Gasteiger partial charge in [-0.2, -0.15) is 13.2 Å². The molecule has 0 saturated heterocycles. The molecule has 3 rings (SSSR count). The summed E-state index contributed by atoms with van der Waals surface area (Å²) in [6.45, 7) is 5.30. The number of imidazole rings is 1. The van der Waals surface area contributed by atoms with E-state index in [0.717, 1.165) is 16.7 Å². The van der Waals surface area contributed by atoms with Gasteiger partial charge in [0.25, 0.3) is 0 Å². The highest BCUT2D eigenvalue weighted by Crippen LogP contribution is 2.29. The van der Waals surface area contributed by atoms with Crippen molar-refractivity contribution in [3.63, 3.8) is 0 Å². The Morgan fingerprint density at radius 3 is 2.45 bits per heavy atom.